The minimum atomic E-state index is -0.106. The van der Waals surface area contributed by atoms with Gasteiger partial charge in [0, 0.05) is 17.6 Å². The van der Waals surface area contributed by atoms with E-state index in [0.717, 1.165) is 34.1 Å². The molecule has 0 saturated heterocycles. The Kier molecular flexibility index (Phi) is 4.40. The molecule has 2 heterocycles. The maximum Gasteiger partial charge on any atom is 0.0985 e. The molecule has 1 unspecified atom stereocenters. The monoisotopic (exact) mass is 284 g/mol. The summed E-state index contributed by atoms with van der Waals surface area (Å²) in [7, 11) is 0. The molecular weight excluding hydrogens is 268 g/mol. The first-order valence-corrected chi connectivity index (χ1v) is 7.16. The molecular formula is C12H17ClN4S. The van der Waals surface area contributed by atoms with Crippen LogP contribution in [0, 0.1) is 6.92 Å². The lowest BCUT2D eigenvalue weighted by atomic mass is 10.1. The Morgan fingerprint density at radius 2 is 2.39 bits per heavy atom. The van der Waals surface area contributed by atoms with Gasteiger partial charge >= 0.3 is 0 Å². The second-order valence-electron chi connectivity index (χ2n) is 4.18. The molecule has 4 nitrogen and oxygen atoms in total. The number of thiophene rings is 1. The van der Waals surface area contributed by atoms with Gasteiger partial charge in [0.05, 0.1) is 16.8 Å². The van der Waals surface area contributed by atoms with E-state index in [1.54, 1.807) is 17.5 Å². The maximum absolute atomic E-state index is 6.31. The number of nitrogens with zero attached hydrogens (tertiary/aromatic N) is 2. The molecule has 18 heavy (non-hydrogen) atoms. The molecule has 0 bridgehead atoms. The van der Waals surface area contributed by atoms with Crippen molar-refractivity contribution >= 4 is 22.9 Å². The van der Waals surface area contributed by atoms with Gasteiger partial charge in [-0.2, -0.15) is 5.10 Å². The SMILES string of the molecule is CCCn1nccc1C(NN)c1scc(C)c1Cl. The van der Waals surface area contributed by atoms with Crippen molar-refractivity contribution in [1.82, 2.24) is 15.2 Å². The fraction of sp³-hybridized carbons (Fsp3) is 0.417. The van der Waals surface area contributed by atoms with Crippen LogP contribution in [0.15, 0.2) is 17.6 Å². The number of aromatic nitrogens is 2. The number of nitrogens with two attached hydrogens (primary N) is 1. The Morgan fingerprint density at radius 3 is 2.94 bits per heavy atom. The van der Waals surface area contributed by atoms with Gasteiger partial charge in [-0.15, -0.1) is 11.3 Å². The van der Waals surface area contributed by atoms with Gasteiger partial charge in [-0.25, -0.2) is 5.43 Å². The molecule has 0 spiro atoms. The van der Waals surface area contributed by atoms with Gasteiger partial charge in [0.25, 0.3) is 0 Å². The maximum atomic E-state index is 6.31. The number of hydrogen-bond donors (Lipinski definition) is 2. The van der Waals surface area contributed by atoms with E-state index in [0.29, 0.717) is 0 Å². The summed E-state index contributed by atoms with van der Waals surface area (Å²) in [6.07, 6.45) is 2.83. The summed E-state index contributed by atoms with van der Waals surface area (Å²) in [6.45, 7) is 5.00. The van der Waals surface area contributed by atoms with Crippen molar-refractivity contribution < 1.29 is 0 Å². The van der Waals surface area contributed by atoms with Crippen LogP contribution in [-0.2, 0) is 6.54 Å². The van der Waals surface area contributed by atoms with Crippen molar-refractivity contribution in [3.05, 3.63) is 38.8 Å². The Bertz CT molecular complexity index is 520. The Labute approximate surface area is 116 Å². The van der Waals surface area contributed by atoms with Crippen LogP contribution in [0.5, 0.6) is 0 Å². The van der Waals surface area contributed by atoms with E-state index in [1.807, 2.05) is 23.1 Å². The summed E-state index contributed by atoms with van der Waals surface area (Å²) in [6, 6.07) is 1.87. The zero-order valence-electron chi connectivity index (χ0n) is 10.5. The number of hydrazine groups is 1. The van der Waals surface area contributed by atoms with Crippen LogP contribution in [0.3, 0.4) is 0 Å². The highest BCUT2D eigenvalue weighted by molar-refractivity contribution is 7.10. The van der Waals surface area contributed by atoms with Crippen LogP contribution in [0.25, 0.3) is 0 Å². The molecule has 0 aliphatic carbocycles. The lowest BCUT2D eigenvalue weighted by molar-refractivity contribution is 0.524. The average Bonchev–Trinajstić information content (AvgIpc) is 2.93. The predicted octanol–water partition coefficient (Wildman–Crippen LogP) is 2.87. The quantitative estimate of drug-likeness (QED) is 0.656. The van der Waals surface area contributed by atoms with E-state index in [4.69, 9.17) is 17.4 Å². The van der Waals surface area contributed by atoms with E-state index in [-0.39, 0.29) is 6.04 Å². The molecule has 2 aromatic rings. The van der Waals surface area contributed by atoms with Crippen LogP contribution in [-0.4, -0.2) is 9.78 Å². The standard InChI is InChI=1S/C12H17ClN4S/c1-3-6-17-9(4-5-15-17)11(16-14)12-10(13)8(2)7-18-12/h4-5,7,11,16H,3,6,14H2,1-2H3. The Morgan fingerprint density at radius 1 is 1.61 bits per heavy atom. The van der Waals surface area contributed by atoms with Gasteiger partial charge in [-0.05, 0) is 30.4 Å². The number of hydrogen-bond acceptors (Lipinski definition) is 4. The third kappa shape index (κ3) is 2.44. The van der Waals surface area contributed by atoms with Gasteiger partial charge in [-0.1, -0.05) is 18.5 Å². The van der Waals surface area contributed by atoms with E-state index < -0.39 is 0 Å². The highest BCUT2D eigenvalue weighted by Crippen LogP contribution is 2.35. The van der Waals surface area contributed by atoms with Crippen molar-refractivity contribution in [2.45, 2.75) is 32.9 Å². The normalized spacial score (nSPS) is 12.9. The van der Waals surface area contributed by atoms with Crippen LogP contribution in [0.1, 0.15) is 35.5 Å². The van der Waals surface area contributed by atoms with E-state index in [1.165, 1.54) is 0 Å². The fourth-order valence-electron chi connectivity index (χ4n) is 1.93. The van der Waals surface area contributed by atoms with Gasteiger partial charge in [0.15, 0.2) is 0 Å². The van der Waals surface area contributed by atoms with Crippen molar-refractivity contribution in [3.8, 4) is 0 Å². The first-order chi connectivity index (χ1) is 8.69. The van der Waals surface area contributed by atoms with E-state index in [9.17, 15) is 0 Å². The highest BCUT2D eigenvalue weighted by Gasteiger charge is 2.21. The Balaban J connectivity index is 2.39. The number of nitrogens with one attached hydrogen (secondary N) is 1. The van der Waals surface area contributed by atoms with Crippen molar-refractivity contribution in [2.75, 3.05) is 0 Å². The molecule has 6 heteroatoms. The first kappa shape index (κ1) is 13.5. The summed E-state index contributed by atoms with van der Waals surface area (Å²) in [5, 5.41) is 7.15. The molecule has 2 aromatic heterocycles. The summed E-state index contributed by atoms with van der Waals surface area (Å²) in [4.78, 5) is 1.04. The van der Waals surface area contributed by atoms with Gasteiger partial charge in [0.2, 0.25) is 0 Å². The molecule has 0 fully saturated rings. The molecule has 0 aromatic carbocycles. The zero-order chi connectivity index (χ0) is 13.1. The molecule has 98 valence electrons. The molecule has 0 aliphatic heterocycles. The largest absolute Gasteiger partial charge is 0.270 e. The lowest BCUT2D eigenvalue weighted by Gasteiger charge is -2.17. The van der Waals surface area contributed by atoms with Crippen LogP contribution in [0.4, 0.5) is 0 Å². The molecule has 0 aliphatic rings. The molecule has 0 saturated carbocycles. The third-order valence-electron chi connectivity index (χ3n) is 2.83. The first-order valence-electron chi connectivity index (χ1n) is 5.90. The highest BCUT2D eigenvalue weighted by atomic mass is 35.5. The average molecular weight is 285 g/mol. The Hall–Kier alpha value is -0.880. The smallest absolute Gasteiger partial charge is 0.0985 e. The zero-order valence-corrected chi connectivity index (χ0v) is 12.1. The van der Waals surface area contributed by atoms with Gasteiger partial charge in [-0.3, -0.25) is 10.5 Å². The van der Waals surface area contributed by atoms with E-state index in [2.05, 4.69) is 17.4 Å². The number of rotatable bonds is 5. The molecule has 0 amide bonds. The minimum absolute atomic E-state index is 0.106. The van der Waals surface area contributed by atoms with Gasteiger partial charge < -0.3 is 0 Å². The fourth-order valence-corrected chi connectivity index (χ4v) is 3.30. The molecule has 0 radical (unpaired) electrons. The third-order valence-corrected chi connectivity index (χ3v) is 4.61. The lowest BCUT2D eigenvalue weighted by Crippen LogP contribution is -2.30. The van der Waals surface area contributed by atoms with Crippen molar-refractivity contribution in [1.29, 1.82) is 0 Å². The van der Waals surface area contributed by atoms with E-state index >= 15 is 0 Å². The second-order valence-corrected chi connectivity index (χ2v) is 5.47. The summed E-state index contributed by atoms with van der Waals surface area (Å²) < 4.78 is 1.97. The van der Waals surface area contributed by atoms with Crippen LogP contribution < -0.4 is 11.3 Å². The molecule has 1 atom stereocenters. The predicted molar refractivity (Wildman–Crippen MR) is 75.8 cm³/mol. The van der Waals surface area contributed by atoms with Crippen LogP contribution >= 0.6 is 22.9 Å². The number of halogens is 1. The van der Waals surface area contributed by atoms with Gasteiger partial charge in [0.1, 0.15) is 0 Å². The topological polar surface area (TPSA) is 55.9 Å². The second kappa shape index (κ2) is 5.84. The van der Waals surface area contributed by atoms with Crippen molar-refractivity contribution in [2.24, 2.45) is 5.84 Å². The number of aryl methyl sites for hydroxylation is 2. The summed E-state index contributed by atoms with van der Waals surface area (Å²) >= 11 is 7.93. The minimum Gasteiger partial charge on any atom is -0.270 e. The van der Waals surface area contributed by atoms with Crippen LogP contribution in [0.2, 0.25) is 5.02 Å². The van der Waals surface area contributed by atoms with Crippen molar-refractivity contribution in [3.63, 3.8) is 0 Å². The summed E-state index contributed by atoms with van der Waals surface area (Å²) in [5.41, 5.74) is 4.97. The molecule has 2 rings (SSSR count). The summed E-state index contributed by atoms with van der Waals surface area (Å²) in [5.74, 6) is 5.70. The molecule has 3 N–H and O–H groups in total.